The van der Waals surface area contributed by atoms with Gasteiger partial charge in [-0.1, -0.05) is 96.9 Å². The van der Waals surface area contributed by atoms with Crippen LogP contribution in [0, 0.1) is 6.92 Å². The fraction of sp³-hybridized carbons (Fsp3) is 0.444. The lowest BCUT2D eigenvalue weighted by Crippen LogP contribution is -2.27. The number of hydrogen-bond acceptors (Lipinski definition) is 0. The molecule has 2 heteroatoms. The van der Waals surface area contributed by atoms with Gasteiger partial charge >= 0.3 is 0 Å². The summed E-state index contributed by atoms with van der Waals surface area (Å²) in [4.78, 5) is 0. The van der Waals surface area contributed by atoms with Crippen LogP contribution in [0.15, 0.2) is 36.4 Å². The number of aryl methyl sites for hydroxylation is 2. The molecule has 1 unspecified atom stereocenters. The van der Waals surface area contributed by atoms with E-state index in [0.29, 0.717) is 0 Å². The van der Waals surface area contributed by atoms with Crippen LogP contribution < -0.4 is 0 Å². The Bertz CT molecular complexity index is 567. The molecule has 0 nitrogen and oxygen atoms in total. The molecule has 0 heterocycles. The van der Waals surface area contributed by atoms with E-state index in [4.69, 9.17) is 0 Å². The van der Waals surface area contributed by atoms with Crippen molar-refractivity contribution in [1.29, 1.82) is 0 Å². The van der Waals surface area contributed by atoms with Gasteiger partial charge in [-0.25, -0.2) is 0 Å². The highest BCUT2D eigenvalue weighted by molar-refractivity contribution is 14.1. The van der Waals surface area contributed by atoms with Gasteiger partial charge in [0.25, 0.3) is 0 Å². The molecule has 0 aromatic heterocycles. The zero-order valence-electron chi connectivity index (χ0n) is 12.9. The summed E-state index contributed by atoms with van der Waals surface area (Å²) in [5.74, 6) is 0. The van der Waals surface area contributed by atoms with E-state index in [0.717, 1.165) is 9.09 Å². The van der Waals surface area contributed by atoms with Crippen LogP contribution in [0.2, 0.25) is 11.6 Å². The second kappa shape index (κ2) is 7.08. The van der Waals surface area contributed by atoms with Crippen LogP contribution in [0.25, 0.3) is 10.8 Å². The molecule has 0 bridgehead atoms. The maximum atomic E-state index is 2.63. The molecule has 1 atom stereocenters. The first-order chi connectivity index (χ1) is 9.47. The average Bonchev–Trinajstić information content (AvgIpc) is 2.38. The summed E-state index contributed by atoms with van der Waals surface area (Å²) in [5.41, 5.74) is 3.71. The Labute approximate surface area is 138 Å². The molecule has 0 saturated carbocycles. The Hall–Kier alpha value is -0.353. The van der Waals surface area contributed by atoms with Crippen LogP contribution in [0.1, 0.15) is 31.9 Å². The minimum absolute atomic E-state index is 0.249. The maximum absolute atomic E-state index is 2.63. The number of halogens is 1. The van der Waals surface area contributed by atoms with Gasteiger partial charge in [0, 0.05) is 3.55 Å². The van der Waals surface area contributed by atoms with Crippen LogP contribution in [0.4, 0.5) is 0 Å². The SMILES string of the molecule is Cc1ccc2cc(CC[Si](C(C)C)C(C)I)ccc2c1. The van der Waals surface area contributed by atoms with Crippen molar-refractivity contribution in [2.75, 3.05) is 0 Å². The lowest BCUT2D eigenvalue weighted by atomic mass is 10.0. The number of rotatable bonds is 5. The van der Waals surface area contributed by atoms with E-state index in [9.17, 15) is 0 Å². The zero-order chi connectivity index (χ0) is 14.7. The summed E-state index contributed by atoms with van der Waals surface area (Å²) < 4.78 is 0.848. The average molecular weight is 395 g/mol. The van der Waals surface area contributed by atoms with Crippen molar-refractivity contribution in [3.63, 3.8) is 0 Å². The highest BCUT2D eigenvalue weighted by Gasteiger charge is 2.20. The van der Waals surface area contributed by atoms with Gasteiger partial charge in [-0.05, 0) is 29.7 Å². The van der Waals surface area contributed by atoms with E-state index in [1.165, 1.54) is 34.4 Å². The Balaban J connectivity index is 2.12. The van der Waals surface area contributed by atoms with Gasteiger partial charge in [0.05, 0.1) is 8.80 Å². The molecule has 2 aromatic rings. The van der Waals surface area contributed by atoms with E-state index in [1.807, 2.05) is 0 Å². The number of fused-ring (bicyclic) bond motifs is 1. The molecule has 0 amide bonds. The molecule has 0 spiro atoms. The lowest BCUT2D eigenvalue weighted by molar-refractivity contribution is 0.972. The van der Waals surface area contributed by atoms with Gasteiger partial charge in [-0.3, -0.25) is 0 Å². The topological polar surface area (TPSA) is 0 Å². The van der Waals surface area contributed by atoms with E-state index < -0.39 is 0 Å². The molecular weight excluding hydrogens is 371 g/mol. The van der Waals surface area contributed by atoms with Gasteiger partial charge in [0.1, 0.15) is 0 Å². The Morgan fingerprint density at radius 1 is 1.00 bits per heavy atom. The standard InChI is InChI=1S/C18H24ISi/c1-13(2)20(15(4)19)10-9-16-6-8-17-11-14(3)5-7-18(17)12-16/h5-8,11-13,15H,9-10H2,1-4H3. The van der Waals surface area contributed by atoms with Gasteiger partial charge in [0.2, 0.25) is 0 Å². The summed E-state index contributed by atoms with van der Waals surface area (Å²) in [6, 6.07) is 15.1. The Kier molecular flexibility index (Phi) is 5.67. The van der Waals surface area contributed by atoms with Crippen molar-refractivity contribution >= 4 is 42.2 Å². The van der Waals surface area contributed by atoms with Crippen molar-refractivity contribution in [3.8, 4) is 0 Å². The highest BCUT2D eigenvalue weighted by Crippen LogP contribution is 2.24. The third-order valence-electron chi connectivity index (χ3n) is 4.02. The van der Waals surface area contributed by atoms with E-state index in [2.05, 4.69) is 86.7 Å². The highest BCUT2D eigenvalue weighted by atomic mass is 127. The van der Waals surface area contributed by atoms with Crippen LogP contribution in [0.5, 0.6) is 0 Å². The first-order valence-corrected chi connectivity index (χ1v) is 10.6. The Morgan fingerprint density at radius 3 is 2.30 bits per heavy atom. The molecule has 0 aliphatic rings. The fourth-order valence-corrected chi connectivity index (χ4v) is 8.37. The monoisotopic (exact) mass is 395 g/mol. The molecule has 0 saturated heterocycles. The molecule has 107 valence electrons. The van der Waals surface area contributed by atoms with Crippen LogP contribution in [0.3, 0.4) is 0 Å². The molecule has 2 aromatic carbocycles. The summed E-state index contributed by atoms with van der Waals surface area (Å²) in [6.45, 7) is 9.34. The normalized spacial score (nSPS) is 13.3. The third-order valence-corrected chi connectivity index (χ3v) is 9.75. The van der Waals surface area contributed by atoms with Crippen molar-refractivity contribution in [2.45, 2.75) is 49.2 Å². The van der Waals surface area contributed by atoms with Crippen molar-refractivity contribution in [3.05, 3.63) is 47.5 Å². The summed E-state index contributed by atoms with van der Waals surface area (Å²) >= 11 is 2.63. The summed E-state index contributed by atoms with van der Waals surface area (Å²) in [6.07, 6.45) is 1.24. The van der Waals surface area contributed by atoms with Crippen LogP contribution in [-0.2, 0) is 6.42 Å². The minimum atomic E-state index is -0.249. The number of hydrogen-bond donors (Lipinski definition) is 0. The lowest BCUT2D eigenvalue weighted by Gasteiger charge is -2.21. The zero-order valence-corrected chi connectivity index (χ0v) is 16.1. The first-order valence-electron chi connectivity index (χ1n) is 7.46. The van der Waals surface area contributed by atoms with E-state index in [-0.39, 0.29) is 8.80 Å². The molecule has 20 heavy (non-hydrogen) atoms. The summed E-state index contributed by atoms with van der Waals surface area (Å²) in [5, 5.41) is 2.75. The predicted octanol–water partition coefficient (Wildman–Crippen LogP) is 5.96. The van der Waals surface area contributed by atoms with Crippen molar-refractivity contribution < 1.29 is 0 Å². The van der Waals surface area contributed by atoms with E-state index in [1.54, 1.807) is 0 Å². The van der Waals surface area contributed by atoms with Gasteiger partial charge in [0.15, 0.2) is 0 Å². The maximum Gasteiger partial charge on any atom is 0.0660 e. The molecule has 0 aliphatic carbocycles. The van der Waals surface area contributed by atoms with Crippen LogP contribution in [-0.4, -0.2) is 12.3 Å². The third kappa shape index (κ3) is 4.07. The number of benzene rings is 2. The van der Waals surface area contributed by atoms with Crippen molar-refractivity contribution in [2.24, 2.45) is 0 Å². The van der Waals surface area contributed by atoms with Gasteiger partial charge in [-0.2, -0.15) is 0 Å². The van der Waals surface area contributed by atoms with Crippen LogP contribution >= 0.6 is 22.6 Å². The smallest absolute Gasteiger partial charge is 0.0660 e. The quantitative estimate of drug-likeness (QED) is 0.333. The molecule has 0 fully saturated rings. The van der Waals surface area contributed by atoms with Crippen molar-refractivity contribution in [1.82, 2.24) is 0 Å². The molecule has 1 radical (unpaired) electrons. The van der Waals surface area contributed by atoms with Gasteiger partial charge < -0.3 is 0 Å². The molecular formula is C18H24ISi. The largest absolute Gasteiger partial charge is 0.0866 e. The first kappa shape index (κ1) is 16.0. The van der Waals surface area contributed by atoms with Gasteiger partial charge in [-0.15, -0.1) is 0 Å². The van der Waals surface area contributed by atoms with E-state index >= 15 is 0 Å². The molecule has 2 rings (SSSR count). The second-order valence-corrected chi connectivity index (χ2v) is 12.7. The fourth-order valence-electron chi connectivity index (χ4n) is 2.81. The predicted molar refractivity (Wildman–Crippen MR) is 102 cm³/mol. The molecule has 0 N–H and O–H groups in total. The second-order valence-electron chi connectivity index (χ2n) is 6.03. The summed E-state index contributed by atoms with van der Waals surface area (Å²) in [7, 11) is -0.249. The minimum Gasteiger partial charge on any atom is -0.0866 e. The number of alkyl halides is 1. The Morgan fingerprint density at radius 2 is 1.65 bits per heavy atom. The molecule has 0 aliphatic heterocycles.